The van der Waals surface area contributed by atoms with Crippen LogP contribution in [0.1, 0.15) is 42.5 Å². The van der Waals surface area contributed by atoms with Crippen molar-refractivity contribution in [1.82, 2.24) is 25.5 Å². The fourth-order valence-corrected chi connectivity index (χ4v) is 2.47. The maximum atomic E-state index is 12.4. The van der Waals surface area contributed by atoms with Crippen molar-refractivity contribution in [3.05, 3.63) is 71.5 Å². The summed E-state index contributed by atoms with van der Waals surface area (Å²) >= 11 is 0. The van der Waals surface area contributed by atoms with Gasteiger partial charge in [0.1, 0.15) is 0 Å². The zero-order chi connectivity index (χ0) is 17.9. The molecule has 0 spiro atoms. The summed E-state index contributed by atoms with van der Waals surface area (Å²) < 4.78 is 1.61. The summed E-state index contributed by atoms with van der Waals surface area (Å²) in [6.45, 7) is 6.68. The number of hydrogen-bond donors (Lipinski definition) is 1. The molecule has 0 aliphatic rings. The van der Waals surface area contributed by atoms with Gasteiger partial charge in [0.15, 0.2) is 5.82 Å². The molecule has 3 rings (SSSR count). The van der Waals surface area contributed by atoms with E-state index in [1.54, 1.807) is 4.68 Å². The number of aromatic nitrogens is 4. The Hall–Kier alpha value is -3.02. The fraction of sp³-hybridized carbons (Fsp3) is 0.263. The van der Waals surface area contributed by atoms with Crippen LogP contribution in [0.15, 0.2) is 54.6 Å². The number of benzene rings is 2. The predicted molar refractivity (Wildman–Crippen MR) is 95.5 cm³/mol. The van der Waals surface area contributed by atoms with Crippen LogP contribution < -0.4 is 5.32 Å². The molecule has 3 aromatic rings. The van der Waals surface area contributed by atoms with E-state index < -0.39 is 0 Å². The zero-order valence-corrected chi connectivity index (χ0v) is 14.6. The van der Waals surface area contributed by atoms with Crippen LogP contribution in [-0.2, 0) is 12.0 Å². The summed E-state index contributed by atoms with van der Waals surface area (Å²) in [6, 6.07) is 17.2. The third kappa shape index (κ3) is 3.91. The van der Waals surface area contributed by atoms with Gasteiger partial charge in [-0.05, 0) is 45.7 Å². The van der Waals surface area contributed by atoms with E-state index in [1.807, 2.05) is 54.6 Å². The van der Waals surface area contributed by atoms with Gasteiger partial charge in [0.05, 0.1) is 12.2 Å². The number of rotatable bonds is 4. The number of tetrazole rings is 1. The smallest absolute Gasteiger partial charge is 0.251 e. The summed E-state index contributed by atoms with van der Waals surface area (Å²) in [5.41, 5.74) is 2.72. The van der Waals surface area contributed by atoms with Gasteiger partial charge >= 0.3 is 0 Å². The number of hydrogen-bond acceptors (Lipinski definition) is 4. The van der Waals surface area contributed by atoms with Gasteiger partial charge < -0.3 is 5.32 Å². The molecule has 0 saturated heterocycles. The first-order chi connectivity index (χ1) is 11.9. The maximum Gasteiger partial charge on any atom is 0.251 e. The standard InChI is InChI=1S/C19H21N5O/c1-19(2,3)15-11-9-14(10-12-15)18(25)20-13-17-21-22-23-24(17)16-7-5-4-6-8-16/h4-12H,13H2,1-3H3,(H,20,25). The lowest BCUT2D eigenvalue weighted by molar-refractivity contribution is 0.0949. The minimum atomic E-state index is -0.150. The van der Waals surface area contributed by atoms with Crippen LogP contribution in [0.3, 0.4) is 0 Å². The van der Waals surface area contributed by atoms with E-state index in [2.05, 4.69) is 41.6 Å². The molecule has 1 heterocycles. The monoisotopic (exact) mass is 335 g/mol. The molecule has 0 saturated carbocycles. The van der Waals surface area contributed by atoms with E-state index in [4.69, 9.17) is 0 Å². The summed E-state index contributed by atoms with van der Waals surface area (Å²) in [4.78, 5) is 12.4. The Morgan fingerprint density at radius 1 is 1.04 bits per heavy atom. The van der Waals surface area contributed by atoms with Crippen molar-refractivity contribution in [2.24, 2.45) is 0 Å². The Bertz CT molecular complexity index is 848. The van der Waals surface area contributed by atoms with Crippen molar-refractivity contribution in [3.8, 4) is 5.69 Å². The van der Waals surface area contributed by atoms with Crippen molar-refractivity contribution >= 4 is 5.91 Å². The van der Waals surface area contributed by atoms with E-state index in [9.17, 15) is 4.79 Å². The number of carbonyl (C=O) groups is 1. The van der Waals surface area contributed by atoms with Gasteiger partial charge in [-0.25, -0.2) is 0 Å². The Kier molecular flexibility index (Phi) is 4.61. The molecule has 1 amide bonds. The van der Waals surface area contributed by atoms with E-state index >= 15 is 0 Å². The van der Waals surface area contributed by atoms with E-state index in [0.717, 1.165) is 5.69 Å². The SMILES string of the molecule is CC(C)(C)c1ccc(C(=O)NCc2nnnn2-c2ccccc2)cc1. The molecule has 0 bridgehead atoms. The molecule has 0 aliphatic heterocycles. The number of para-hydroxylation sites is 1. The highest BCUT2D eigenvalue weighted by molar-refractivity contribution is 5.94. The van der Waals surface area contributed by atoms with Crippen LogP contribution in [-0.4, -0.2) is 26.1 Å². The molecule has 2 aromatic carbocycles. The number of nitrogens with one attached hydrogen (secondary N) is 1. The molecular formula is C19H21N5O. The summed E-state index contributed by atoms with van der Waals surface area (Å²) in [5.74, 6) is 0.425. The van der Waals surface area contributed by atoms with Gasteiger partial charge in [-0.15, -0.1) is 5.10 Å². The van der Waals surface area contributed by atoms with E-state index in [1.165, 1.54) is 5.56 Å². The minimum absolute atomic E-state index is 0.0623. The first kappa shape index (κ1) is 16.8. The Balaban J connectivity index is 1.69. The van der Waals surface area contributed by atoms with Crippen LogP contribution >= 0.6 is 0 Å². The van der Waals surface area contributed by atoms with Crippen molar-refractivity contribution < 1.29 is 4.79 Å². The number of amides is 1. The maximum absolute atomic E-state index is 12.4. The predicted octanol–water partition coefficient (Wildman–Crippen LogP) is 2.89. The van der Waals surface area contributed by atoms with Crippen molar-refractivity contribution in [1.29, 1.82) is 0 Å². The van der Waals surface area contributed by atoms with Crippen LogP contribution in [0.25, 0.3) is 5.69 Å². The topological polar surface area (TPSA) is 72.7 Å². The first-order valence-corrected chi connectivity index (χ1v) is 8.16. The zero-order valence-electron chi connectivity index (χ0n) is 14.6. The lowest BCUT2D eigenvalue weighted by Crippen LogP contribution is -2.25. The second-order valence-corrected chi connectivity index (χ2v) is 6.85. The van der Waals surface area contributed by atoms with Crippen LogP contribution in [0.4, 0.5) is 0 Å². The summed E-state index contributed by atoms with van der Waals surface area (Å²) in [7, 11) is 0. The van der Waals surface area contributed by atoms with Crippen LogP contribution in [0, 0.1) is 0 Å². The largest absolute Gasteiger partial charge is 0.345 e. The molecule has 0 fully saturated rings. The lowest BCUT2D eigenvalue weighted by Gasteiger charge is -2.19. The highest BCUT2D eigenvalue weighted by Gasteiger charge is 2.15. The fourth-order valence-electron chi connectivity index (χ4n) is 2.47. The second-order valence-electron chi connectivity index (χ2n) is 6.85. The molecule has 0 radical (unpaired) electrons. The van der Waals surface area contributed by atoms with Gasteiger partial charge in [0.2, 0.25) is 0 Å². The Labute approximate surface area is 146 Å². The van der Waals surface area contributed by atoms with Crippen molar-refractivity contribution in [2.45, 2.75) is 32.7 Å². The second kappa shape index (κ2) is 6.84. The molecule has 1 aromatic heterocycles. The molecule has 1 N–H and O–H groups in total. The Morgan fingerprint density at radius 3 is 2.36 bits per heavy atom. The Morgan fingerprint density at radius 2 is 1.72 bits per heavy atom. The third-order valence-electron chi connectivity index (χ3n) is 3.96. The average Bonchev–Trinajstić information content (AvgIpc) is 3.08. The normalized spacial score (nSPS) is 11.3. The van der Waals surface area contributed by atoms with Crippen molar-refractivity contribution in [2.75, 3.05) is 0 Å². The highest BCUT2D eigenvalue weighted by atomic mass is 16.1. The molecule has 0 atom stereocenters. The van der Waals surface area contributed by atoms with Gasteiger partial charge in [0, 0.05) is 5.56 Å². The van der Waals surface area contributed by atoms with Crippen LogP contribution in [0.2, 0.25) is 0 Å². The average molecular weight is 335 g/mol. The van der Waals surface area contributed by atoms with Gasteiger partial charge in [0.25, 0.3) is 5.91 Å². The summed E-state index contributed by atoms with van der Waals surface area (Å²) in [6.07, 6.45) is 0. The lowest BCUT2D eigenvalue weighted by atomic mass is 9.87. The van der Waals surface area contributed by atoms with E-state index in [0.29, 0.717) is 11.4 Å². The first-order valence-electron chi connectivity index (χ1n) is 8.16. The highest BCUT2D eigenvalue weighted by Crippen LogP contribution is 2.22. The minimum Gasteiger partial charge on any atom is -0.345 e. The molecule has 25 heavy (non-hydrogen) atoms. The molecule has 0 unspecified atom stereocenters. The quantitative estimate of drug-likeness (QED) is 0.796. The third-order valence-corrected chi connectivity index (χ3v) is 3.96. The van der Waals surface area contributed by atoms with Gasteiger partial charge in [-0.1, -0.05) is 51.1 Å². The molecule has 6 nitrogen and oxygen atoms in total. The molecule has 0 aliphatic carbocycles. The molecular weight excluding hydrogens is 314 g/mol. The van der Waals surface area contributed by atoms with Crippen LogP contribution in [0.5, 0.6) is 0 Å². The van der Waals surface area contributed by atoms with Gasteiger partial charge in [-0.3, -0.25) is 4.79 Å². The van der Waals surface area contributed by atoms with E-state index in [-0.39, 0.29) is 17.9 Å². The van der Waals surface area contributed by atoms with Crippen molar-refractivity contribution in [3.63, 3.8) is 0 Å². The summed E-state index contributed by atoms with van der Waals surface area (Å²) in [5, 5.41) is 14.5. The molecule has 128 valence electrons. The van der Waals surface area contributed by atoms with Gasteiger partial charge in [-0.2, -0.15) is 4.68 Å². The number of nitrogens with zero attached hydrogens (tertiary/aromatic N) is 4. The molecule has 6 heteroatoms. The number of carbonyl (C=O) groups excluding carboxylic acids is 1.